The molecule has 1 aliphatic rings. The molecule has 3 rings (SSSR count). The van der Waals surface area contributed by atoms with Gasteiger partial charge >= 0.3 is 6.18 Å². The Morgan fingerprint density at radius 3 is 2.41 bits per heavy atom. The van der Waals surface area contributed by atoms with E-state index in [1.54, 1.807) is 18.3 Å². The molecule has 116 valence electrons. The molecule has 1 aromatic heterocycles. The first kappa shape index (κ1) is 15.0. The van der Waals surface area contributed by atoms with Crippen LogP contribution in [0.1, 0.15) is 42.0 Å². The predicted molar refractivity (Wildman–Crippen MR) is 76.2 cm³/mol. The molecule has 5 heteroatoms. The number of halogens is 3. The summed E-state index contributed by atoms with van der Waals surface area (Å²) < 4.78 is 37.8. The summed E-state index contributed by atoms with van der Waals surface area (Å²) in [5, 5.41) is 10.7. The van der Waals surface area contributed by atoms with Crippen molar-refractivity contribution in [2.24, 2.45) is 0 Å². The Hall–Kier alpha value is -1.88. The molecular weight excluding hydrogens is 291 g/mol. The first-order chi connectivity index (χ1) is 10.4. The number of aliphatic hydroxyl groups is 1. The van der Waals surface area contributed by atoms with Crippen LogP contribution in [0.4, 0.5) is 13.2 Å². The summed E-state index contributed by atoms with van der Waals surface area (Å²) in [7, 11) is 0. The molecule has 1 N–H and O–H groups in total. The van der Waals surface area contributed by atoms with Crippen molar-refractivity contribution in [3.8, 4) is 0 Å². The van der Waals surface area contributed by atoms with Crippen LogP contribution in [0.15, 0.2) is 48.7 Å². The van der Waals surface area contributed by atoms with Crippen molar-refractivity contribution in [2.45, 2.75) is 37.0 Å². The summed E-state index contributed by atoms with van der Waals surface area (Å²) >= 11 is 0. The lowest BCUT2D eigenvalue weighted by molar-refractivity contribution is -0.137. The molecule has 0 saturated heterocycles. The van der Waals surface area contributed by atoms with Gasteiger partial charge in [-0.1, -0.05) is 18.2 Å². The molecule has 0 bridgehead atoms. The van der Waals surface area contributed by atoms with Crippen LogP contribution < -0.4 is 0 Å². The molecule has 1 fully saturated rings. The number of benzene rings is 1. The zero-order valence-corrected chi connectivity index (χ0v) is 11.8. The van der Waals surface area contributed by atoms with Gasteiger partial charge in [0, 0.05) is 6.20 Å². The van der Waals surface area contributed by atoms with Crippen LogP contribution in [0, 0.1) is 0 Å². The molecule has 2 aromatic rings. The monoisotopic (exact) mass is 307 g/mol. The summed E-state index contributed by atoms with van der Waals surface area (Å²) in [6.07, 6.45) is -0.898. The summed E-state index contributed by atoms with van der Waals surface area (Å²) in [5.74, 6) is 0.0503. The molecule has 1 saturated carbocycles. The van der Waals surface area contributed by atoms with E-state index in [1.807, 2.05) is 6.07 Å². The van der Waals surface area contributed by atoms with Gasteiger partial charge in [0.05, 0.1) is 11.3 Å². The number of hydrogen-bond acceptors (Lipinski definition) is 2. The van der Waals surface area contributed by atoms with Crippen molar-refractivity contribution < 1.29 is 18.3 Å². The van der Waals surface area contributed by atoms with Crippen molar-refractivity contribution >= 4 is 0 Å². The lowest BCUT2D eigenvalue weighted by Crippen LogP contribution is -2.22. The number of aromatic nitrogens is 1. The highest BCUT2D eigenvalue weighted by Gasteiger charge is 2.40. The molecule has 0 amide bonds. The van der Waals surface area contributed by atoms with Gasteiger partial charge in [0.2, 0.25) is 0 Å². The second kappa shape index (κ2) is 5.39. The van der Waals surface area contributed by atoms with Crippen LogP contribution in [0.25, 0.3) is 0 Å². The van der Waals surface area contributed by atoms with Gasteiger partial charge in [-0.2, -0.15) is 13.2 Å². The van der Waals surface area contributed by atoms with E-state index in [4.69, 9.17) is 0 Å². The third-order valence-corrected chi connectivity index (χ3v) is 4.34. The maximum absolute atomic E-state index is 12.6. The number of alkyl halides is 3. The van der Waals surface area contributed by atoms with Gasteiger partial charge in [0.15, 0.2) is 0 Å². The quantitative estimate of drug-likeness (QED) is 0.899. The summed E-state index contributed by atoms with van der Waals surface area (Å²) in [5.41, 5.74) is -0.173. The normalized spacial score (nSPS) is 25.4. The first-order valence-electron chi connectivity index (χ1n) is 7.19. The van der Waals surface area contributed by atoms with Gasteiger partial charge in [-0.25, -0.2) is 0 Å². The van der Waals surface area contributed by atoms with Crippen molar-refractivity contribution in [1.29, 1.82) is 0 Å². The molecule has 2 nitrogen and oxygen atoms in total. The zero-order chi connectivity index (χ0) is 15.8. The van der Waals surface area contributed by atoms with E-state index in [0.29, 0.717) is 18.5 Å². The lowest BCUT2D eigenvalue weighted by Gasteiger charge is -2.22. The molecule has 22 heavy (non-hydrogen) atoms. The van der Waals surface area contributed by atoms with E-state index in [9.17, 15) is 18.3 Å². The average Bonchev–Trinajstić information content (AvgIpc) is 2.91. The van der Waals surface area contributed by atoms with Crippen molar-refractivity contribution in [1.82, 2.24) is 4.98 Å². The molecule has 1 aromatic carbocycles. The van der Waals surface area contributed by atoms with E-state index in [0.717, 1.165) is 24.1 Å². The molecule has 1 heterocycles. The number of hydrogen-bond donors (Lipinski definition) is 1. The van der Waals surface area contributed by atoms with Crippen LogP contribution in [-0.2, 0) is 11.8 Å². The fraction of sp³-hybridized carbons (Fsp3) is 0.353. The Labute approximate surface area is 126 Å². The first-order valence-corrected chi connectivity index (χ1v) is 7.19. The molecule has 0 spiro atoms. The maximum atomic E-state index is 12.6. The third-order valence-electron chi connectivity index (χ3n) is 4.34. The Balaban J connectivity index is 1.78. The smallest absolute Gasteiger partial charge is 0.384 e. The molecule has 2 atom stereocenters. The Kier molecular flexibility index (Phi) is 3.68. The van der Waals surface area contributed by atoms with E-state index in [2.05, 4.69) is 4.98 Å². The zero-order valence-electron chi connectivity index (χ0n) is 11.8. The lowest BCUT2D eigenvalue weighted by atomic mass is 9.92. The van der Waals surface area contributed by atoms with Crippen LogP contribution >= 0.6 is 0 Å². The van der Waals surface area contributed by atoms with Gasteiger partial charge in [-0.05, 0) is 55.0 Å². The minimum atomic E-state index is -4.32. The van der Waals surface area contributed by atoms with Crippen molar-refractivity contribution in [3.05, 3.63) is 65.5 Å². The van der Waals surface area contributed by atoms with E-state index in [1.165, 1.54) is 12.1 Å². The highest BCUT2D eigenvalue weighted by molar-refractivity contribution is 5.29. The van der Waals surface area contributed by atoms with Crippen LogP contribution in [-0.4, -0.2) is 10.1 Å². The SMILES string of the molecule is O[C@]1(c2ccccn2)CC[C@H](c2ccc(C(F)(F)F)cc2)C1. The van der Waals surface area contributed by atoms with Gasteiger partial charge in [-0.15, -0.1) is 0 Å². The minimum absolute atomic E-state index is 0.0503. The number of nitrogens with zero attached hydrogens (tertiary/aromatic N) is 1. The number of pyridine rings is 1. The largest absolute Gasteiger partial charge is 0.416 e. The average molecular weight is 307 g/mol. The number of rotatable bonds is 2. The Bertz CT molecular complexity index is 639. The predicted octanol–water partition coefficient (Wildman–Crippen LogP) is 4.26. The second-order valence-electron chi connectivity index (χ2n) is 5.81. The standard InChI is InChI=1S/C17H16F3NO/c18-17(19,20)14-6-4-12(5-7-14)13-8-9-16(22,11-13)15-3-1-2-10-21-15/h1-7,10,13,22H,8-9,11H2/t13-,16+/m0/s1. The van der Waals surface area contributed by atoms with Gasteiger partial charge in [-0.3, -0.25) is 4.98 Å². The van der Waals surface area contributed by atoms with Crippen LogP contribution in [0.3, 0.4) is 0 Å². The molecule has 0 aliphatic heterocycles. The second-order valence-corrected chi connectivity index (χ2v) is 5.81. The Morgan fingerprint density at radius 2 is 1.82 bits per heavy atom. The van der Waals surface area contributed by atoms with Crippen molar-refractivity contribution in [3.63, 3.8) is 0 Å². The van der Waals surface area contributed by atoms with Crippen LogP contribution in [0.5, 0.6) is 0 Å². The van der Waals surface area contributed by atoms with Gasteiger partial charge in [0.1, 0.15) is 5.60 Å². The fourth-order valence-corrected chi connectivity index (χ4v) is 3.12. The van der Waals surface area contributed by atoms with Crippen molar-refractivity contribution in [2.75, 3.05) is 0 Å². The topological polar surface area (TPSA) is 33.1 Å². The molecule has 0 radical (unpaired) electrons. The highest BCUT2D eigenvalue weighted by Crippen LogP contribution is 2.46. The Morgan fingerprint density at radius 1 is 1.09 bits per heavy atom. The summed E-state index contributed by atoms with van der Waals surface area (Å²) in [6.45, 7) is 0. The third kappa shape index (κ3) is 2.86. The minimum Gasteiger partial charge on any atom is -0.384 e. The maximum Gasteiger partial charge on any atom is 0.416 e. The van der Waals surface area contributed by atoms with E-state index >= 15 is 0 Å². The molecule has 1 aliphatic carbocycles. The van der Waals surface area contributed by atoms with E-state index < -0.39 is 17.3 Å². The molecular formula is C17H16F3NO. The van der Waals surface area contributed by atoms with Crippen LogP contribution in [0.2, 0.25) is 0 Å². The fourth-order valence-electron chi connectivity index (χ4n) is 3.12. The molecule has 0 unspecified atom stereocenters. The highest BCUT2D eigenvalue weighted by atomic mass is 19.4. The van der Waals surface area contributed by atoms with E-state index in [-0.39, 0.29) is 5.92 Å². The summed E-state index contributed by atoms with van der Waals surface area (Å²) in [4.78, 5) is 4.21. The van der Waals surface area contributed by atoms with Gasteiger partial charge in [0.25, 0.3) is 0 Å². The summed E-state index contributed by atoms with van der Waals surface area (Å²) in [6, 6.07) is 10.6. The van der Waals surface area contributed by atoms with Gasteiger partial charge < -0.3 is 5.11 Å².